The highest BCUT2D eigenvalue weighted by Crippen LogP contribution is 2.09. The van der Waals surface area contributed by atoms with E-state index in [2.05, 4.69) is 5.43 Å². The van der Waals surface area contributed by atoms with Crippen molar-refractivity contribution < 1.29 is 4.79 Å². The van der Waals surface area contributed by atoms with Crippen LogP contribution >= 0.6 is 0 Å². The van der Waals surface area contributed by atoms with Crippen LogP contribution in [0.5, 0.6) is 0 Å². The summed E-state index contributed by atoms with van der Waals surface area (Å²) in [6.07, 6.45) is 0.567. The van der Waals surface area contributed by atoms with Crippen LogP contribution in [-0.4, -0.2) is 24.0 Å². The molecule has 0 radical (unpaired) electrons. The van der Waals surface area contributed by atoms with Gasteiger partial charge in [-0.3, -0.25) is 10.2 Å². The summed E-state index contributed by atoms with van der Waals surface area (Å²) in [7, 11) is 0. The molecule has 8 heavy (non-hydrogen) atoms. The summed E-state index contributed by atoms with van der Waals surface area (Å²) in [5, 5.41) is 9.70. The first kappa shape index (κ1) is 5.06. The molecule has 4 heteroatoms. The number of hydrogen-bond donors (Lipinski definition) is 1. The number of nitrogens with one attached hydrogen (secondary N) is 1. The van der Waals surface area contributed by atoms with Gasteiger partial charge in [-0.15, -0.1) is 0 Å². The van der Waals surface area contributed by atoms with Gasteiger partial charge in [0.15, 0.2) is 0 Å². The maximum absolute atomic E-state index is 9.65. The number of carbonyl (C=O) groups excluding carboxylic acids is 1. The van der Waals surface area contributed by atoms with E-state index in [1.807, 2.05) is 6.07 Å². The summed E-state index contributed by atoms with van der Waals surface area (Å²) < 4.78 is 0. The first-order valence-corrected chi connectivity index (χ1v) is 2.24. The van der Waals surface area contributed by atoms with Crippen LogP contribution in [-0.2, 0) is 4.79 Å². The average molecular weight is 111 g/mol. The van der Waals surface area contributed by atoms with Crippen LogP contribution in [0.3, 0.4) is 0 Å². The Morgan fingerprint density at radius 1 is 2.00 bits per heavy atom. The molecular formula is C4H5N3O. The highest BCUT2D eigenvalue weighted by Gasteiger charge is 2.33. The lowest BCUT2D eigenvalue weighted by atomic mass is 10.6. The quantitative estimate of drug-likeness (QED) is 0.362. The van der Waals surface area contributed by atoms with Crippen molar-refractivity contribution in [3.8, 4) is 6.07 Å². The summed E-state index contributed by atoms with van der Waals surface area (Å²) >= 11 is 0. The van der Waals surface area contributed by atoms with Crippen LogP contribution in [0.1, 0.15) is 0 Å². The number of rotatable bonds is 2. The van der Waals surface area contributed by atoms with Crippen LogP contribution < -0.4 is 5.43 Å². The standard InChI is InChI=1S/C4H5N3O/c5-1-4-2-7(4)6-3-8/h3-4H,2H2,(H,6,8). The lowest BCUT2D eigenvalue weighted by Gasteiger charge is -1.90. The van der Waals surface area contributed by atoms with Crippen molar-refractivity contribution in [3.63, 3.8) is 0 Å². The van der Waals surface area contributed by atoms with Gasteiger partial charge in [0.25, 0.3) is 0 Å². The zero-order valence-electron chi connectivity index (χ0n) is 4.16. The molecule has 42 valence electrons. The normalized spacial score (nSPS) is 32.9. The van der Waals surface area contributed by atoms with Crippen LogP contribution in [0, 0.1) is 11.3 Å². The van der Waals surface area contributed by atoms with Crippen LogP contribution in [0.25, 0.3) is 0 Å². The Morgan fingerprint density at radius 3 is 3.12 bits per heavy atom. The summed E-state index contributed by atoms with van der Waals surface area (Å²) in [5.74, 6) is 0. The van der Waals surface area contributed by atoms with E-state index in [-0.39, 0.29) is 6.04 Å². The molecule has 0 aliphatic carbocycles. The molecule has 0 bridgehead atoms. The smallest absolute Gasteiger partial charge is 0.221 e. The van der Waals surface area contributed by atoms with E-state index in [1.54, 1.807) is 5.01 Å². The first-order chi connectivity index (χ1) is 3.88. The van der Waals surface area contributed by atoms with Crippen molar-refractivity contribution in [2.45, 2.75) is 6.04 Å². The monoisotopic (exact) mass is 111 g/mol. The van der Waals surface area contributed by atoms with Gasteiger partial charge in [0.1, 0.15) is 6.04 Å². The molecule has 1 saturated heterocycles. The van der Waals surface area contributed by atoms with E-state index < -0.39 is 0 Å². The molecule has 0 aromatic carbocycles. The first-order valence-electron chi connectivity index (χ1n) is 2.24. The molecule has 1 aliphatic heterocycles. The second-order valence-corrected chi connectivity index (χ2v) is 1.54. The van der Waals surface area contributed by atoms with E-state index >= 15 is 0 Å². The fraction of sp³-hybridized carbons (Fsp3) is 0.500. The molecule has 0 aromatic rings. The van der Waals surface area contributed by atoms with Crippen molar-refractivity contribution in [2.24, 2.45) is 0 Å². The lowest BCUT2D eigenvalue weighted by Crippen LogP contribution is -2.19. The number of hydrazine groups is 1. The SMILES string of the molecule is N#CC1CN1NC=O. The van der Waals surface area contributed by atoms with E-state index in [0.717, 1.165) is 0 Å². The molecular weight excluding hydrogens is 106 g/mol. The minimum atomic E-state index is -0.0831. The van der Waals surface area contributed by atoms with Crippen molar-refractivity contribution in [1.29, 1.82) is 5.26 Å². The Bertz CT molecular complexity index is 139. The third-order valence-electron chi connectivity index (χ3n) is 0.980. The third-order valence-corrected chi connectivity index (χ3v) is 0.980. The van der Waals surface area contributed by atoms with Gasteiger partial charge in [-0.05, 0) is 0 Å². The topological polar surface area (TPSA) is 55.9 Å². The van der Waals surface area contributed by atoms with Gasteiger partial charge >= 0.3 is 0 Å². The van der Waals surface area contributed by atoms with Crippen molar-refractivity contribution in [3.05, 3.63) is 0 Å². The van der Waals surface area contributed by atoms with Crippen molar-refractivity contribution in [1.82, 2.24) is 10.4 Å². The number of nitrogens with zero attached hydrogens (tertiary/aromatic N) is 2. The van der Waals surface area contributed by atoms with Gasteiger partial charge in [-0.25, -0.2) is 5.01 Å². The highest BCUT2D eigenvalue weighted by molar-refractivity contribution is 5.46. The Balaban J connectivity index is 2.19. The number of nitriles is 1. The molecule has 0 aromatic heterocycles. The minimum absolute atomic E-state index is 0.0831. The summed E-state index contributed by atoms with van der Waals surface area (Å²) in [6, 6.07) is 1.90. The summed E-state index contributed by atoms with van der Waals surface area (Å²) in [6.45, 7) is 0.662. The fourth-order valence-corrected chi connectivity index (χ4v) is 0.460. The van der Waals surface area contributed by atoms with Crippen molar-refractivity contribution in [2.75, 3.05) is 6.54 Å². The van der Waals surface area contributed by atoms with Gasteiger partial charge in [0.05, 0.1) is 12.6 Å². The third kappa shape index (κ3) is 0.768. The van der Waals surface area contributed by atoms with E-state index in [9.17, 15) is 4.79 Å². The number of amides is 1. The van der Waals surface area contributed by atoms with Gasteiger partial charge in [-0.1, -0.05) is 0 Å². The van der Waals surface area contributed by atoms with Gasteiger partial charge in [0, 0.05) is 0 Å². The van der Waals surface area contributed by atoms with Gasteiger partial charge < -0.3 is 0 Å². The van der Waals surface area contributed by atoms with E-state index in [1.165, 1.54) is 0 Å². The second-order valence-electron chi connectivity index (χ2n) is 1.54. The largest absolute Gasteiger partial charge is 0.290 e. The van der Waals surface area contributed by atoms with Crippen molar-refractivity contribution >= 4 is 6.41 Å². The van der Waals surface area contributed by atoms with Crippen LogP contribution in [0.2, 0.25) is 0 Å². The Labute approximate surface area is 46.7 Å². The van der Waals surface area contributed by atoms with Gasteiger partial charge in [0.2, 0.25) is 6.41 Å². The number of hydrogen-bond acceptors (Lipinski definition) is 3. The molecule has 0 spiro atoms. The minimum Gasteiger partial charge on any atom is -0.290 e. The molecule has 1 N–H and O–H groups in total. The summed E-state index contributed by atoms with van der Waals surface area (Å²) in [4.78, 5) is 9.65. The molecule has 4 nitrogen and oxygen atoms in total. The Morgan fingerprint density at radius 2 is 2.75 bits per heavy atom. The zero-order chi connectivity index (χ0) is 5.98. The molecule has 2 atom stereocenters. The van der Waals surface area contributed by atoms with Crippen LogP contribution in [0.4, 0.5) is 0 Å². The average Bonchev–Trinajstić information content (AvgIpc) is 2.48. The zero-order valence-corrected chi connectivity index (χ0v) is 4.16. The molecule has 1 heterocycles. The molecule has 1 amide bonds. The molecule has 1 aliphatic rings. The fourth-order valence-electron chi connectivity index (χ4n) is 0.460. The lowest BCUT2D eigenvalue weighted by molar-refractivity contribution is -0.111. The Kier molecular flexibility index (Phi) is 1.14. The number of carbonyl (C=O) groups is 1. The maximum Gasteiger partial charge on any atom is 0.221 e. The summed E-state index contributed by atoms with van der Waals surface area (Å²) in [5.41, 5.74) is 2.35. The molecule has 1 fully saturated rings. The Hall–Kier alpha value is -1.08. The second kappa shape index (κ2) is 1.80. The highest BCUT2D eigenvalue weighted by atomic mass is 16.1. The van der Waals surface area contributed by atoms with Gasteiger partial charge in [-0.2, -0.15) is 5.26 Å². The predicted octanol–water partition coefficient (Wildman–Crippen LogP) is -1.14. The maximum atomic E-state index is 9.65. The molecule has 1 rings (SSSR count). The van der Waals surface area contributed by atoms with E-state index in [0.29, 0.717) is 13.0 Å². The van der Waals surface area contributed by atoms with E-state index in [4.69, 9.17) is 5.26 Å². The molecule has 2 unspecified atom stereocenters. The molecule has 0 saturated carbocycles. The predicted molar refractivity (Wildman–Crippen MR) is 25.3 cm³/mol. The van der Waals surface area contributed by atoms with Crippen LogP contribution in [0.15, 0.2) is 0 Å².